The zero-order valence-electron chi connectivity index (χ0n) is 11.8. The van der Waals surface area contributed by atoms with E-state index < -0.39 is 0 Å². The second-order valence-electron chi connectivity index (χ2n) is 4.53. The Labute approximate surface area is 120 Å². The van der Waals surface area contributed by atoms with Crippen LogP contribution in [0.1, 0.15) is 26.7 Å². The smallest absolute Gasteiger partial charge is 0.123 e. The van der Waals surface area contributed by atoms with E-state index >= 15 is 0 Å². The van der Waals surface area contributed by atoms with Gasteiger partial charge in [-0.15, -0.1) is 11.8 Å². The molecular formula is C15H24FNOS. The molecular weight excluding hydrogens is 261 g/mol. The average molecular weight is 285 g/mol. The van der Waals surface area contributed by atoms with Crippen molar-refractivity contribution < 1.29 is 9.50 Å². The van der Waals surface area contributed by atoms with Gasteiger partial charge in [0.25, 0.3) is 0 Å². The van der Waals surface area contributed by atoms with Crippen LogP contribution >= 0.6 is 11.8 Å². The Morgan fingerprint density at radius 2 is 1.79 bits per heavy atom. The molecule has 0 spiro atoms. The van der Waals surface area contributed by atoms with E-state index in [0.29, 0.717) is 6.04 Å². The first-order valence-corrected chi connectivity index (χ1v) is 7.93. The minimum absolute atomic E-state index is 0.191. The van der Waals surface area contributed by atoms with Gasteiger partial charge in [0.2, 0.25) is 0 Å². The minimum atomic E-state index is -0.191. The van der Waals surface area contributed by atoms with Gasteiger partial charge in [0.05, 0.1) is 6.61 Å². The highest BCUT2D eigenvalue weighted by atomic mass is 32.2. The molecule has 0 atom stereocenters. The normalized spacial score (nSPS) is 11.5. The summed E-state index contributed by atoms with van der Waals surface area (Å²) in [6, 6.07) is 7.16. The highest BCUT2D eigenvalue weighted by Crippen LogP contribution is 2.19. The molecule has 0 heterocycles. The van der Waals surface area contributed by atoms with Gasteiger partial charge in [-0.2, -0.15) is 0 Å². The molecule has 4 heteroatoms. The largest absolute Gasteiger partial charge is 0.395 e. The maximum Gasteiger partial charge on any atom is 0.123 e. The zero-order valence-corrected chi connectivity index (χ0v) is 12.6. The summed E-state index contributed by atoms with van der Waals surface area (Å²) in [6.45, 7) is 6.26. The number of benzene rings is 1. The molecule has 0 saturated heterocycles. The third-order valence-corrected chi connectivity index (χ3v) is 4.30. The summed E-state index contributed by atoms with van der Waals surface area (Å²) in [5.74, 6) is 0.769. The molecule has 0 radical (unpaired) electrons. The molecule has 0 saturated carbocycles. The summed E-state index contributed by atoms with van der Waals surface area (Å²) in [7, 11) is 0. The van der Waals surface area contributed by atoms with E-state index in [9.17, 15) is 4.39 Å². The summed E-state index contributed by atoms with van der Waals surface area (Å²) < 4.78 is 12.8. The van der Waals surface area contributed by atoms with Gasteiger partial charge in [0, 0.05) is 29.8 Å². The number of aliphatic hydroxyl groups excluding tert-OH is 1. The van der Waals surface area contributed by atoms with Crippen LogP contribution in [0.3, 0.4) is 0 Å². The van der Waals surface area contributed by atoms with E-state index in [1.54, 1.807) is 11.8 Å². The second-order valence-corrected chi connectivity index (χ2v) is 5.70. The van der Waals surface area contributed by atoms with E-state index in [-0.39, 0.29) is 12.4 Å². The maximum absolute atomic E-state index is 12.8. The van der Waals surface area contributed by atoms with Crippen LogP contribution in [0.4, 0.5) is 4.39 Å². The number of hydrogen-bond acceptors (Lipinski definition) is 3. The summed E-state index contributed by atoms with van der Waals surface area (Å²) in [5.41, 5.74) is 0. The highest BCUT2D eigenvalue weighted by Gasteiger charge is 2.13. The van der Waals surface area contributed by atoms with Crippen molar-refractivity contribution in [3.63, 3.8) is 0 Å². The first kappa shape index (κ1) is 16.5. The molecule has 0 aliphatic carbocycles. The Balaban J connectivity index is 2.41. The lowest BCUT2D eigenvalue weighted by molar-refractivity contribution is 0.151. The van der Waals surface area contributed by atoms with Gasteiger partial charge < -0.3 is 5.11 Å². The lowest BCUT2D eigenvalue weighted by Gasteiger charge is -2.29. The second kappa shape index (κ2) is 9.34. The molecule has 1 aromatic carbocycles. The Morgan fingerprint density at radius 1 is 1.16 bits per heavy atom. The van der Waals surface area contributed by atoms with Crippen molar-refractivity contribution in [3.8, 4) is 0 Å². The number of nitrogens with zero attached hydrogens (tertiary/aromatic N) is 1. The quantitative estimate of drug-likeness (QED) is 0.703. The van der Waals surface area contributed by atoms with Gasteiger partial charge in [0.1, 0.15) is 5.82 Å². The standard InChI is InChI=1S/C15H24FNOS/c1-3-14(4-2)17(9-11-18)10-12-19-15-7-5-13(16)6-8-15/h5-8,14,18H,3-4,9-12H2,1-2H3. The van der Waals surface area contributed by atoms with Crippen LogP contribution in [0.15, 0.2) is 29.2 Å². The number of aliphatic hydroxyl groups is 1. The Morgan fingerprint density at radius 3 is 2.32 bits per heavy atom. The lowest BCUT2D eigenvalue weighted by atomic mass is 10.1. The summed E-state index contributed by atoms with van der Waals surface area (Å²) in [5, 5.41) is 9.13. The van der Waals surface area contributed by atoms with Crippen LogP contribution in [-0.4, -0.2) is 41.5 Å². The molecule has 0 aromatic heterocycles. The molecule has 1 N–H and O–H groups in total. The molecule has 0 aliphatic heterocycles. The van der Waals surface area contributed by atoms with Gasteiger partial charge in [-0.1, -0.05) is 13.8 Å². The first-order valence-electron chi connectivity index (χ1n) is 6.94. The number of halogens is 1. The first-order chi connectivity index (χ1) is 9.21. The molecule has 1 aromatic rings. The van der Waals surface area contributed by atoms with Crippen molar-refractivity contribution in [2.45, 2.75) is 37.6 Å². The van der Waals surface area contributed by atoms with Crippen LogP contribution in [0.25, 0.3) is 0 Å². The van der Waals surface area contributed by atoms with Crippen molar-refractivity contribution in [2.75, 3.05) is 25.4 Å². The molecule has 2 nitrogen and oxygen atoms in total. The Kier molecular flexibility index (Phi) is 8.10. The predicted molar refractivity (Wildman–Crippen MR) is 80.2 cm³/mol. The molecule has 19 heavy (non-hydrogen) atoms. The van der Waals surface area contributed by atoms with Gasteiger partial charge in [-0.3, -0.25) is 4.90 Å². The molecule has 0 fully saturated rings. The van der Waals surface area contributed by atoms with E-state index in [1.165, 1.54) is 12.1 Å². The zero-order chi connectivity index (χ0) is 14.1. The van der Waals surface area contributed by atoms with Crippen molar-refractivity contribution >= 4 is 11.8 Å². The number of thioether (sulfide) groups is 1. The fraction of sp³-hybridized carbons (Fsp3) is 0.600. The van der Waals surface area contributed by atoms with Gasteiger partial charge in [-0.25, -0.2) is 4.39 Å². The van der Waals surface area contributed by atoms with Crippen LogP contribution in [0, 0.1) is 5.82 Å². The van der Waals surface area contributed by atoms with Gasteiger partial charge >= 0.3 is 0 Å². The third kappa shape index (κ3) is 5.93. The average Bonchev–Trinajstić information content (AvgIpc) is 2.42. The molecule has 108 valence electrons. The molecule has 0 unspecified atom stereocenters. The van der Waals surface area contributed by atoms with Crippen LogP contribution in [0.5, 0.6) is 0 Å². The minimum Gasteiger partial charge on any atom is -0.395 e. The van der Waals surface area contributed by atoms with E-state index in [0.717, 1.165) is 36.6 Å². The maximum atomic E-state index is 12.8. The van der Waals surface area contributed by atoms with Gasteiger partial charge in [-0.05, 0) is 37.1 Å². The van der Waals surface area contributed by atoms with E-state index in [1.807, 2.05) is 12.1 Å². The monoisotopic (exact) mass is 285 g/mol. The Hall–Kier alpha value is -0.580. The van der Waals surface area contributed by atoms with Crippen LogP contribution in [-0.2, 0) is 0 Å². The summed E-state index contributed by atoms with van der Waals surface area (Å²) in [6.07, 6.45) is 2.22. The third-order valence-electron chi connectivity index (χ3n) is 3.31. The van der Waals surface area contributed by atoms with Crippen molar-refractivity contribution in [2.24, 2.45) is 0 Å². The summed E-state index contributed by atoms with van der Waals surface area (Å²) in [4.78, 5) is 3.44. The van der Waals surface area contributed by atoms with E-state index in [4.69, 9.17) is 5.11 Å². The number of rotatable bonds is 9. The Bertz CT molecular complexity index is 341. The topological polar surface area (TPSA) is 23.5 Å². The van der Waals surface area contributed by atoms with Crippen molar-refractivity contribution in [1.82, 2.24) is 4.90 Å². The molecule has 1 rings (SSSR count). The van der Waals surface area contributed by atoms with Crippen LogP contribution < -0.4 is 0 Å². The lowest BCUT2D eigenvalue weighted by Crippen LogP contribution is -2.38. The fourth-order valence-corrected chi connectivity index (χ4v) is 3.11. The fourth-order valence-electron chi connectivity index (χ4n) is 2.22. The van der Waals surface area contributed by atoms with Crippen molar-refractivity contribution in [3.05, 3.63) is 30.1 Å². The molecule has 0 aliphatic rings. The molecule has 0 amide bonds. The predicted octanol–water partition coefficient (Wildman–Crippen LogP) is 3.40. The van der Waals surface area contributed by atoms with E-state index in [2.05, 4.69) is 18.7 Å². The highest BCUT2D eigenvalue weighted by molar-refractivity contribution is 7.99. The SMILES string of the molecule is CCC(CC)N(CCO)CCSc1ccc(F)cc1. The van der Waals surface area contributed by atoms with Gasteiger partial charge in [0.15, 0.2) is 0 Å². The molecule has 0 bridgehead atoms. The van der Waals surface area contributed by atoms with Crippen molar-refractivity contribution in [1.29, 1.82) is 0 Å². The number of hydrogen-bond donors (Lipinski definition) is 1. The van der Waals surface area contributed by atoms with Crippen LogP contribution in [0.2, 0.25) is 0 Å². The summed E-state index contributed by atoms with van der Waals surface area (Å²) >= 11 is 1.73.